The van der Waals surface area contributed by atoms with Crippen molar-refractivity contribution in [2.24, 2.45) is 11.8 Å². The molecule has 14 heavy (non-hydrogen) atoms. The highest BCUT2D eigenvalue weighted by Gasteiger charge is 2.34. The molecule has 0 aromatic heterocycles. The standard InChI is InChI=1S/C11H26O2P/c1-7-14(6,12-8-10(2)3)13-9-11(4)5/h10-11H,7-9H2,1-6H3/q+1. The van der Waals surface area contributed by atoms with E-state index in [0.717, 1.165) is 19.4 Å². The normalized spacial score (nSPS) is 12.9. The summed E-state index contributed by atoms with van der Waals surface area (Å²) in [5, 5.41) is 0. The summed E-state index contributed by atoms with van der Waals surface area (Å²) in [4.78, 5) is 0. The fourth-order valence-electron chi connectivity index (χ4n) is 0.833. The third-order valence-corrected chi connectivity index (χ3v) is 4.48. The van der Waals surface area contributed by atoms with E-state index in [2.05, 4.69) is 41.3 Å². The molecule has 0 atom stereocenters. The molecule has 0 rings (SSSR count). The average molecular weight is 221 g/mol. The van der Waals surface area contributed by atoms with Gasteiger partial charge in [0, 0.05) is 0 Å². The van der Waals surface area contributed by atoms with Gasteiger partial charge in [0.25, 0.3) is 7.72 Å². The Labute approximate surface area is 89.9 Å². The van der Waals surface area contributed by atoms with E-state index in [9.17, 15) is 0 Å². The van der Waals surface area contributed by atoms with Crippen molar-refractivity contribution >= 4 is 7.72 Å². The highest BCUT2D eigenvalue weighted by atomic mass is 31.2. The molecule has 0 saturated heterocycles. The molecule has 86 valence electrons. The summed E-state index contributed by atoms with van der Waals surface area (Å²) in [7, 11) is -1.56. The Balaban J connectivity index is 3.91. The van der Waals surface area contributed by atoms with Gasteiger partial charge < -0.3 is 0 Å². The molecule has 0 radical (unpaired) electrons. The lowest BCUT2D eigenvalue weighted by Crippen LogP contribution is -2.11. The quantitative estimate of drug-likeness (QED) is 0.608. The van der Waals surface area contributed by atoms with Crippen LogP contribution in [0.15, 0.2) is 0 Å². The van der Waals surface area contributed by atoms with Gasteiger partial charge in [-0.1, -0.05) is 27.7 Å². The molecule has 0 fully saturated rings. The first-order valence-electron chi connectivity index (χ1n) is 5.54. The van der Waals surface area contributed by atoms with Gasteiger partial charge in [-0.05, 0) is 18.8 Å². The second-order valence-corrected chi connectivity index (χ2v) is 7.89. The molecule has 0 aliphatic heterocycles. The number of hydrogen-bond acceptors (Lipinski definition) is 2. The summed E-state index contributed by atoms with van der Waals surface area (Å²) in [6.07, 6.45) is 1.01. The molecule has 3 heteroatoms. The van der Waals surface area contributed by atoms with Crippen molar-refractivity contribution in [1.29, 1.82) is 0 Å². The Kier molecular flexibility index (Phi) is 6.93. The lowest BCUT2D eigenvalue weighted by Gasteiger charge is -2.20. The van der Waals surface area contributed by atoms with E-state index in [0.29, 0.717) is 11.8 Å². The highest BCUT2D eigenvalue weighted by molar-refractivity contribution is 7.65. The largest absolute Gasteiger partial charge is 0.271 e. The predicted molar refractivity (Wildman–Crippen MR) is 65.0 cm³/mol. The lowest BCUT2D eigenvalue weighted by molar-refractivity contribution is 0.197. The Morgan fingerprint density at radius 2 is 1.29 bits per heavy atom. The SMILES string of the molecule is CC[P+](C)(OCC(C)C)OCC(C)C. The fraction of sp³-hybridized carbons (Fsp3) is 1.00. The smallest absolute Gasteiger partial charge is 0.207 e. The molecular formula is C11H26O2P+. The van der Waals surface area contributed by atoms with Gasteiger partial charge in [-0.2, -0.15) is 0 Å². The molecule has 0 aromatic rings. The molecule has 0 bridgehead atoms. The molecule has 2 nitrogen and oxygen atoms in total. The monoisotopic (exact) mass is 221 g/mol. The summed E-state index contributed by atoms with van der Waals surface area (Å²) < 4.78 is 11.8. The van der Waals surface area contributed by atoms with Crippen molar-refractivity contribution in [1.82, 2.24) is 0 Å². The van der Waals surface area contributed by atoms with Crippen molar-refractivity contribution in [3.8, 4) is 0 Å². The first-order chi connectivity index (χ1) is 6.39. The van der Waals surface area contributed by atoms with E-state index < -0.39 is 7.72 Å². The maximum atomic E-state index is 5.88. The zero-order chi connectivity index (χ0) is 11.2. The Morgan fingerprint density at radius 3 is 1.50 bits per heavy atom. The van der Waals surface area contributed by atoms with Crippen LogP contribution in [0.5, 0.6) is 0 Å². The number of rotatable bonds is 7. The summed E-state index contributed by atoms with van der Waals surface area (Å²) >= 11 is 0. The van der Waals surface area contributed by atoms with Gasteiger partial charge in [-0.25, -0.2) is 9.05 Å². The third kappa shape index (κ3) is 6.75. The average Bonchev–Trinajstić information content (AvgIpc) is 2.11. The Morgan fingerprint density at radius 1 is 0.929 bits per heavy atom. The summed E-state index contributed by atoms with van der Waals surface area (Å²) in [5.41, 5.74) is 0. The maximum absolute atomic E-state index is 5.88. The van der Waals surface area contributed by atoms with E-state index in [4.69, 9.17) is 9.05 Å². The van der Waals surface area contributed by atoms with Crippen LogP contribution in [0.4, 0.5) is 0 Å². The first kappa shape index (κ1) is 14.3. The van der Waals surface area contributed by atoms with Crippen molar-refractivity contribution in [3.05, 3.63) is 0 Å². The molecule has 0 spiro atoms. The Bertz CT molecular complexity index is 134. The second kappa shape index (κ2) is 6.76. The van der Waals surface area contributed by atoms with Gasteiger partial charge in [0.15, 0.2) is 0 Å². The van der Waals surface area contributed by atoms with Gasteiger partial charge in [0.05, 0.1) is 13.2 Å². The van der Waals surface area contributed by atoms with Crippen molar-refractivity contribution in [2.75, 3.05) is 26.0 Å². The van der Waals surface area contributed by atoms with E-state index in [1.54, 1.807) is 0 Å². The lowest BCUT2D eigenvalue weighted by atomic mass is 10.2. The van der Waals surface area contributed by atoms with Gasteiger partial charge in [-0.15, -0.1) is 0 Å². The number of hydrogen-bond donors (Lipinski definition) is 0. The van der Waals surface area contributed by atoms with Crippen LogP contribution in [-0.4, -0.2) is 26.0 Å². The molecule has 0 saturated carbocycles. The van der Waals surface area contributed by atoms with Crippen LogP contribution in [0.25, 0.3) is 0 Å². The van der Waals surface area contributed by atoms with Crippen LogP contribution < -0.4 is 0 Å². The van der Waals surface area contributed by atoms with E-state index in [1.165, 1.54) is 0 Å². The predicted octanol–water partition coefficient (Wildman–Crippen LogP) is 3.83. The highest BCUT2D eigenvalue weighted by Crippen LogP contribution is 2.57. The van der Waals surface area contributed by atoms with E-state index >= 15 is 0 Å². The van der Waals surface area contributed by atoms with Gasteiger partial charge in [-0.3, -0.25) is 0 Å². The molecule has 0 aromatic carbocycles. The molecule has 0 unspecified atom stereocenters. The first-order valence-corrected chi connectivity index (χ1v) is 7.80. The van der Waals surface area contributed by atoms with Gasteiger partial charge in [0.1, 0.15) is 12.8 Å². The van der Waals surface area contributed by atoms with Crippen LogP contribution in [0.1, 0.15) is 34.6 Å². The minimum Gasteiger partial charge on any atom is -0.207 e. The summed E-state index contributed by atoms with van der Waals surface area (Å²) in [6.45, 7) is 14.6. The van der Waals surface area contributed by atoms with Crippen molar-refractivity contribution < 1.29 is 9.05 Å². The zero-order valence-electron chi connectivity index (χ0n) is 10.5. The van der Waals surface area contributed by atoms with Crippen molar-refractivity contribution in [3.63, 3.8) is 0 Å². The van der Waals surface area contributed by atoms with Crippen LogP contribution in [0.2, 0.25) is 0 Å². The second-order valence-electron chi connectivity index (χ2n) is 4.71. The van der Waals surface area contributed by atoms with E-state index in [1.807, 2.05) is 0 Å². The van der Waals surface area contributed by atoms with E-state index in [-0.39, 0.29) is 0 Å². The maximum Gasteiger partial charge on any atom is 0.271 e. The topological polar surface area (TPSA) is 18.5 Å². The fourth-order valence-corrected chi connectivity index (χ4v) is 2.50. The van der Waals surface area contributed by atoms with Crippen molar-refractivity contribution in [2.45, 2.75) is 34.6 Å². The minimum atomic E-state index is -1.56. The molecule has 0 aliphatic carbocycles. The zero-order valence-corrected chi connectivity index (χ0v) is 11.4. The van der Waals surface area contributed by atoms with Gasteiger partial charge in [0.2, 0.25) is 0 Å². The van der Waals surface area contributed by atoms with Crippen LogP contribution >= 0.6 is 7.72 Å². The van der Waals surface area contributed by atoms with Crippen LogP contribution in [0, 0.1) is 11.8 Å². The van der Waals surface area contributed by atoms with Crippen LogP contribution in [0.3, 0.4) is 0 Å². The molecule has 0 aliphatic rings. The molecule has 0 heterocycles. The molecular weight excluding hydrogens is 195 g/mol. The summed E-state index contributed by atoms with van der Waals surface area (Å²) in [6, 6.07) is 0. The minimum absolute atomic E-state index is 0.587. The molecule has 0 amide bonds. The van der Waals surface area contributed by atoms with Gasteiger partial charge >= 0.3 is 0 Å². The molecule has 0 N–H and O–H groups in total. The Hall–Kier alpha value is 0.350. The third-order valence-electron chi connectivity index (χ3n) is 1.94. The van der Waals surface area contributed by atoms with Crippen LogP contribution in [-0.2, 0) is 9.05 Å². The summed E-state index contributed by atoms with van der Waals surface area (Å²) in [5.74, 6) is 1.17.